The van der Waals surface area contributed by atoms with Gasteiger partial charge in [0.2, 0.25) is 5.28 Å². The predicted molar refractivity (Wildman–Crippen MR) is 97.3 cm³/mol. The lowest BCUT2D eigenvalue weighted by atomic mass is 10.0. The van der Waals surface area contributed by atoms with Crippen molar-refractivity contribution in [1.82, 2.24) is 9.97 Å². The van der Waals surface area contributed by atoms with Crippen LogP contribution in [0, 0.1) is 0 Å². The molecule has 0 atom stereocenters. The Bertz CT molecular complexity index is 1210. The lowest BCUT2D eigenvalue weighted by Gasteiger charge is -2.06. The molecule has 0 radical (unpaired) electrons. The molecule has 0 aliphatic heterocycles. The average molecular weight is 331 g/mol. The minimum atomic E-state index is 0.217. The average Bonchev–Trinajstić information content (AvgIpc) is 3.01. The second-order valence-corrected chi connectivity index (χ2v) is 5.98. The maximum Gasteiger partial charge on any atom is 0.223 e. The smallest absolute Gasteiger partial charge is 0.223 e. The Hall–Kier alpha value is -2.91. The largest absolute Gasteiger partial charge is 0.454 e. The fourth-order valence-corrected chi connectivity index (χ4v) is 3.33. The van der Waals surface area contributed by atoms with E-state index in [0.717, 1.165) is 44.1 Å². The maximum absolute atomic E-state index is 6.21. The molecule has 5 rings (SSSR count). The van der Waals surface area contributed by atoms with Crippen molar-refractivity contribution in [2.45, 2.75) is 0 Å². The number of hydrogen-bond donors (Lipinski definition) is 0. The molecule has 5 aromatic rings. The summed E-state index contributed by atoms with van der Waals surface area (Å²) in [4.78, 5) is 8.89. The standard InChI is InChI=1S/C20H11ClN2O/c21-20-22-17(12-6-2-1-3-7-12)15-11-10-14-13-8-4-5-9-16(13)24-19(14)18(15)23-20/h1-11H. The Morgan fingerprint density at radius 3 is 2.33 bits per heavy atom. The SMILES string of the molecule is Clc1nc(-c2ccccc2)c2ccc3c4ccccc4oc3c2n1. The van der Waals surface area contributed by atoms with Crippen molar-refractivity contribution >= 4 is 44.4 Å². The van der Waals surface area contributed by atoms with E-state index in [1.54, 1.807) is 0 Å². The highest BCUT2D eigenvalue weighted by molar-refractivity contribution is 6.29. The molecule has 2 aromatic heterocycles. The van der Waals surface area contributed by atoms with Crippen molar-refractivity contribution in [2.24, 2.45) is 0 Å². The third-order valence-electron chi connectivity index (χ3n) is 4.23. The quantitative estimate of drug-likeness (QED) is 0.362. The summed E-state index contributed by atoms with van der Waals surface area (Å²) in [6.07, 6.45) is 0. The fourth-order valence-electron chi connectivity index (χ4n) is 3.16. The third-order valence-corrected chi connectivity index (χ3v) is 4.40. The van der Waals surface area contributed by atoms with Gasteiger partial charge in [-0.05, 0) is 29.8 Å². The van der Waals surface area contributed by atoms with Gasteiger partial charge in [0.05, 0.1) is 5.69 Å². The fraction of sp³-hybridized carbons (Fsp3) is 0. The molecule has 3 nitrogen and oxygen atoms in total. The summed E-state index contributed by atoms with van der Waals surface area (Å²) in [5.41, 5.74) is 4.14. The van der Waals surface area contributed by atoms with Gasteiger partial charge in [-0.1, -0.05) is 48.5 Å². The number of nitrogens with zero attached hydrogens (tertiary/aromatic N) is 2. The lowest BCUT2D eigenvalue weighted by Crippen LogP contribution is -1.91. The summed E-state index contributed by atoms with van der Waals surface area (Å²) < 4.78 is 6.06. The first kappa shape index (κ1) is 13.5. The van der Waals surface area contributed by atoms with E-state index in [4.69, 9.17) is 16.0 Å². The molecule has 0 saturated heterocycles. The minimum Gasteiger partial charge on any atom is -0.454 e. The van der Waals surface area contributed by atoms with E-state index in [0.29, 0.717) is 0 Å². The highest BCUT2D eigenvalue weighted by atomic mass is 35.5. The summed E-state index contributed by atoms with van der Waals surface area (Å²) in [5.74, 6) is 0. The topological polar surface area (TPSA) is 38.9 Å². The first-order valence-corrected chi connectivity index (χ1v) is 8.02. The number of fused-ring (bicyclic) bond motifs is 5. The second kappa shape index (κ2) is 5.05. The van der Waals surface area contributed by atoms with E-state index in [2.05, 4.69) is 16.0 Å². The zero-order chi connectivity index (χ0) is 16.1. The van der Waals surface area contributed by atoms with Crippen LogP contribution in [0.1, 0.15) is 0 Å². The Morgan fingerprint density at radius 2 is 1.46 bits per heavy atom. The van der Waals surface area contributed by atoms with E-state index in [1.807, 2.05) is 60.7 Å². The number of halogens is 1. The van der Waals surface area contributed by atoms with Crippen LogP contribution in [0.4, 0.5) is 0 Å². The van der Waals surface area contributed by atoms with Crippen molar-refractivity contribution in [3.63, 3.8) is 0 Å². The van der Waals surface area contributed by atoms with Gasteiger partial charge in [0, 0.05) is 21.7 Å². The van der Waals surface area contributed by atoms with Crippen molar-refractivity contribution < 1.29 is 4.42 Å². The van der Waals surface area contributed by atoms with Crippen molar-refractivity contribution in [3.8, 4) is 11.3 Å². The number of para-hydroxylation sites is 1. The van der Waals surface area contributed by atoms with Crippen LogP contribution >= 0.6 is 11.6 Å². The van der Waals surface area contributed by atoms with Gasteiger partial charge < -0.3 is 4.42 Å². The Balaban J connectivity index is 1.95. The van der Waals surface area contributed by atoms with Crippen LogP contribution in [0.3, 0.4) is 0 Å². The van der Waals surface area contributed by atoms with Gasteiger partial charge in [-0.15, -0.1) is 0 Å². The first-order chi connectivity index (χ1) is 11.8. The Kier molecular flexibility index (Phi) is 2.84. The molecular formula is C20H11ClN2O. The third kappa shape index (κ3) is 1.92. The summed E-state index contributed by atoms with van der Waals surface area (Å²) in [7, 11) is 0. The molecule has 0 aliphatic rings. The van der Waals surface area contributed by atoms with Crippen LogP contribution in [0.2, 0.25) is 5.28 Å². The number of furan rings is 1. The normalized spacial score (nSPS) is 11.5. The van der Waals surface area contributed by atoms with Crippen molar-refractivity contribution in [2.75, 3.05) is 0 Å². The van der Waals surface area contributed by atoms with Crippen LogP contribution in [-0.2, 0) is 0 Å². The van der Waals surface area contributed by atoms with Gasteiger partial charge in [0.15, 0.2) is 5.58 Å². The molecular weight excluding hydrogens is 320 g/mol. The van der Waals surface area contributed by atoms with Gasteiger partial charge in [0.1, 0.15) is 11.1 Å². The maximum atomic E-state index is 6.21. The number of aromatic nitrogens is 2. The molecule has 0 unspecified atom stereocenters. The molecule has 0 spiro atoms. The molecule has 0 aliphatic carbocycles. The highest BCUT2D eigenvalue weighted by Gasteiger charge is 2.15. The summed E-state index contributed by atoms with van der Waals surface area (Å²) in [6.45, 7) is 0. The molecule has 0 fully saturated rings. The zero-order valence-electron chi connectivity index (χ0n) is 12.5. The number of rotatable bonds is 1. The second-order valence-electron chi connectivity index (χ2n) is 5.64. The molecule has 114 valence electrons. The summed E-state index contributed by atoms with van der Waals surface area (Å²) >= 11 is 6.21. The molecule has 0 amide bonds. The van der Waals surface area contributed by atoms with Gasteiger partial charge in [-0.25, -0.2) is 9.97 Å². The van der Waals surface area contributed by atoms with Gasteiger partial charge >= 0.3 is 0 Å². The monoisotopic (exact) mass is 330 g/mol. The Morgan fingerprint density at radius 1 is 0.708 bits per heavy atom. The van der Waals surface area contributed by atoms with Crippen LogP contribution in [0.25, 0.3) is 44.1 Å². The summed E-state index contributed by atoms with van der Waals surface area (Å²) in [5, 5.41) is 3.25. The van der Waals surface area contributed by atoms with Crippen LogP contribution in [0.15, 0.2) is 71.1 Å². The number of hydrogen-bond acceptors (Lipinski definition) is 3. The molecule has 2 heterocycles. The molecule has 0 N–H and O–H groups in total. The minimum absolute atomic E-state index is 0.217. The highest BCUT2D eigenvalue weighted by Crippen LogP contribution is 2.36. The zero-order valence-corrected chi connectivity index (χ0v) is 13.3. The van der Waals surface area contributed by atoms with E-state index in [-0.39, 0.29) is 5.28 Å². The number of benzene rings is 3. The summed E-state index contributed by atoms with van der Waals surface area (Å²) in [6, 6.07) is 22.1. The van der Waals surface area contributed by atoms with Gasteiger partial charge in [0.25, 0.3) is 0 Å². The van der Waals surface area contributed by atoms with Crippen LogP contribution in [0.5, 0.6) is 0 Å². The molecule has 0 saturated carbocycles. The van der Waals surface area contributed by atoms with Crippen LogP contribution < -0.4 is 0 Å². The Labute approximate surface area is 142 Å². The molecule has 0 bridgehead atoms. The van der Waals surface area contributed by atoms with E-state index in [1.165, 1.54) is 0 Å². The first-order valence-electron chi connectivity index (χ1n) is 7.64. The predicted octanol–water partition coefficient (Wildman–Crippen LogP) is 5.85. The van der Waals surface area contributed by atoms with E-state index >= 15 is 0 Å². The van der Waals surface area contributed by atoms with Crippen molar-refractivity contribution in [3.05, 3.63) is 72.0 Å². The van der Waals surface area contributed by atoms with E-state index < -0.39 is 0 Å². The van der Waals surface area contributed by atoms with E-state index in [9.17, 15) is 0 Å². The van der Waals surface area contributed by atoms with Gasteiger partial charge in [-0.3, -0.25) is 0 Å². The molecule has 24 heavy (non-hydrogen) atoms. The van der Waals surface area contributed by atoms with Crippen molar-refractivity contribution in [1.29, 1.82) is 0 Å². The molecule has 3 aromatic carbocycles. The van der Waals surface area contributed by atoms with Gasteiger partial charge in [-0.2, -0.15) is 0 Å². The van der Waals surface area contributed by atoms with Crippen LogP contribution in [-0.4, -0.2) is 9.97 Å². The lowest BCUT2D eigenvalue weighted by molar-refractivity contribution is 0.671. The molecule has 4 heteroatoms.